The first-order valence-corrected chi connectivity index (χ1v) is 10.6. The molecule has 1 saturated heterocycles. The minimum atomic E-state index is -0.0382. The van der Waals surface area contributed by atoms with Crippen LogP contribution in [0, 0.1) is 6.92 Å². The topological polar surface area (TPSA) is 83.9 Å². The van der Waals surface area contributed by atoms with Gasteiger partial charge in [-0.1, -0.05) is 13.8 Å². The monoisotopic (exact) mass is 408 g/mol. The molecule has 0 bridgehead atoms. The number of nitrogens with zero attached hydrogens (tertiary/aromatic N) is 5. The minimum Gasteiger partial charge on any atom is -0.347 e. The molecule has 1 atom stereocenters. The first kappa shape index (κ1) is 19.4. The number of pyridine rings is 1. The lowest BCUT2D eigenvalue weighted by atomic mass is 10.2. The van der Waals surface area contributed by atoms with Gasteiger partial charge < -0.3 is 10.2 Å². The van der Waals surface area contributed by atoms with Crippen LogP contribution in [-0.4, -0.2) is 45.0 Å². The van der Waals surface area contributed by atoms with Crippen molar-refractivity contribution in [1.82, 2.24) is 25.3 Å². The molecule has 0 saturated carbocycles. The Balaban J connectivity index is 1.43. The van der Waals surface area contributed by atoms with E-state index in [1.54, 1.807) is 18.6 Å². The Hall–Kier alpha value is -2.87. The minimum absolute atomic E-state index is 0.0382. The molecule has 1 aliphatic heterocycles. The van der Waals surface area contributed by atoms with E-state index in [2.05, 4.69) is 44.0 Å². The summed E-state index contributed by atoms with van der Waals surface area (Å²) >= 11 is 1.49. The molecule has 1 N–H and O–H groups in total. The largest absolute Gasteiger partial charge is 0.347 e. The molecule has 0 aromatic carbocycles. The normalized spacial score (nSPS) is 16.4. The van der Waals surface area contributed by atoms with Crippen LogP contribution in [0.1, 0.15) is 46.6 Å². The summed E-state index contributed by atoms with van der Waals surface area (Å²) in [6.45, 7) is 7.58. The van der Waals surface area contributed by atoms with E-state index in [-0.39, 0.29) is 11.9 Å². The molecule has 150 valence electrons. The average Bonchev–Trinajstić information content (AvgIpc) is 3.35. The lowest BCUT2D eigenvalue weighted by Crippen LogP contribution is -2.37. The fraction of sp³-hybridized carbons (Fsp3) is 0.381. The lowest BCUT2D eigenvalue weighted by Gasteiger charge is -2.17. The standard InChI is InChI=1S/C21H24N6OS/c1-13(2)20-24-14(3)18(29-20)19(28)25-16-7-10-27(12-16)21-23-9-6-17(26-21)15-5-4-8-22-11-15/h4-6,8-9,11,13,16H,7,10,12H2,1-3H3,(H,25,28). The Morgan fingerprint density at radius 3 is 2.86 bits per heavy atom. The van der Waals surface area contributed by atoms with Gasteiger partial charge >= 0.3 is 0 Å². The van der Waals surface area contributed by atoms with Crippen LogP contribution in [0.3, 0.4) is 0 Å². The molecule has 3 aromatic heterocycles. The van der Waals surface area contributed by atoms with Crippen molar-refractivity contribution >= 4 is 23.2 Å². The summed E-state index contributed by atoms with van der Waals surface area (Å²) in [5, 5.41) is 4.16. The van der Waals surface area contributed by atoms with Crippen LogP contribution in [0.4, 0.5) is 5.95 Å². The molecule has 4 rings (SSSR count). The van der Waals surface area contributed by atoms with E-state index < -0.39 is 0 Å². The molecule has 1 amide bonds. The summed E-state index contributed by atoms with van der Waals surface area (Å²) in [6.07, 6.45) is 6.17. The van der Waals surface area contributed by atoms with E-state index >= 15 is 0 Å². The van der Waals surface area contributed by atoms with Gasteiger partial charge in [0.15, 0.2) is 0 Å². The predicted molar refractivity (Wildman–Crippen MR) is 114 cm³/mol. The number of carbonyl (C=O) groups is 1. The third-order valence-corrected chi connectivity index (χ3v) is 6.38. The summed E-state index contributed by atoms with van der Waals surface area (Å²) < 4.78 is 0. The zero-order valence-corrected chi connectivity index (χ0v) is 17.6. The van der Waals surface area contributed by atoms with E-state index in [9.17, 15) is 4.79 Å². The van der Waals surface area contributed by atoms with Crippen molar-refractivity contribution in [2.45, 2.75) is 39.2 Å². The molecule has 0 aliphatic carbocycles. The SMILES string of the molecule is Cc1nc(C(C)C)sc1C(=O)NC1CCN(c2nccc(-c3cccnc3)n2)C1. The summed E-state index contributed by atoms with van der Waals surface area (Å²) in [6, 6.07) is 5.83. The number of rotatable bonds is 5. The zero-order valence-electron chi connectivity index (χ0n) is 16.8. The van der Waals surface area contributed by atoms with Gasteiger partial charge in [0.2, 0.25) is 5.95 Å². The van der Waals surface area contributed by atoms with E-state index in [4.69, 9.17) is 0 Å². The van der Waals surface area contributed by atoms with Gasteiger partial charge in [0.05, 0.1) is 16.4 Å². The Kier molecular flexibility index (Phi) is 5.53. The van der Waals surface area contributed by atoms with Crippen molar-refractivity contribution in [3.63, 3.8) is 0 Å². The zero-order chi connectivity index (χ0) is 20.4. The van der Waals surface area contributed by atoms with Gasteiger partial charge in [-0.2, -0.15) is 0 Å². The van der Waals surface area contributed by atoms with E-state index in [1.807, 2.05) is 25.1 Å². The highest BCUT2D eigenvalue weighted by atomic mass is 32.1. The Labute approximate surface area is 174 Å². The van der Waals surface area contributed by atoms with Crippen LogP contribution >= 0.6 is 11.3 Å². The van der Waals surface area contributed by atoms with Crippen molar-refractivity contribution in [1.29, 1.82) is 0 Å². The summed E-state index contributed by atoms with van der Waals surface area (Å²) in [7, 11) is 0. The summed E-state index contributed by atoms with van der Waals surface area (Å²) in [4.78, 5) is 33.4. The van der Waals surface area contributed by atoms with Gasteiger partial charge in [0, 0.05) is 49.2 Å². The van der Waals surface area contributed by atoms with Crippen molar-refractivity contribution in [2.75, 3.05) is 18.0 Å². The quantitative estimate of drug-likeness (QED) is 0.696. The molecule has 4 heterocycles. The van der Waals surface area contributed by atoms with Gasteiger partial charge in [-0.15, -0.1) is 11.3 Å². The number of hydrogen-bond donors (Lipinski definition) is 1. The van der Waals surface area contributed by atoms with Crippen molar-refractivity contribution < 1.29 is 4.79 Å². The molecule has 0 radical (unpaired) electrons. The second-order valence-corrected chi connectivity index (χ2v) is 8.54. The Morgan fingerprint density at radius 1 is 1.28 bits per heavy atom. The number of hydrogen-bond acceptors (Lipinski definition) is 7. The molecular weight excluding hydrogens is 384 g/mol. The van der Waals surface area contributed by atoms with Gasteiger partial charge in [-0.05, 0) is 31.5 Å². The lowest BCUT2D eigenvalue weighted by molar-refractivity contribution is 0.0943. The number of thiazole rings is 1. The number of anilines is 1. The highest BCUT2D eigenvalue weighted by Gasteiger charge is 2.27. The third kappa shape index (κ3) is 4.27. The number of carbonyl (C=O) groups excluding carboxylic acids is 1. The van der Waals surface area contributed by atoms with Crippen LogP contribution in [0.2, 0.25) is 0 Å². The molecule has 7 nitrogen and oxygen atoms in total. The molecule has 1 aliphatic rings. The van der Waals surface area contributed by atoms with Crippen LogP contribution in [0.25, 0.3) is 11.3 Å². The van der Waals surface area contributed by atoms with Gasteiger partial charge in [0.1, 0.15) is 4.88 Å². The second kappa shape index (κ2) is 8.24. The summed E-state index contributed by atoms with van der Waals surface area (Å²) in [5.74, 6) is 0.967. The van der Waals surface area contributed by atoms with E-state index in [0.29, 0.717) is 23.3 Å². The Morgan fingerprint density at radius 2 is 2.14 bits per heavy atom. The van der Waals surface area contributed by atoms with Crippen LogP contribution in [-0.2, 0) is 0 Å². The van der Waals surface area contributed by atoms with Crippen molar-refractivity contribution in [3.8, 4) is 11.3 Å². The van der Waals surface area contributed by atoms with Crippen LogP contribution in [0.15, 0.2) is 36.8 Å². The number of aryl methyl sites for hydroxylation is 1. The highest BCUT2D eigenvalue weighted by molar-refractivity contribution is 7.13. The second-order valence-electron chi connectivity index (χ2n) is 7.51. The van der Waals surface area contributed by atoms with Crippen LogP contribution < -0.4 is 10.2 Å². The molecule has 8 heteroatoms. The van der Waals surface area contributed by atoms with E-state index in [0.717, 1.165) is 34.9 Å². The first-order chi connectivity index (χ1) is 14.0. The maximum Gasteiger partial charge on any atom is 0.263 e. The van der Waals surface area contributed by atoms with Gasteiger partial charge in [-0.25, -0.2) is 15.0 Å². The Bertz CT molecular complexity index is 1000. The number of nitrogens with one attached hydrogen (secondary N) is 1. The van der Waals surface area contributed by atoms with Crippen molar-refractivity contribution in [2.24, 2.45) is 0 Å². The highest BCUT2D eigenvalue weighted by Crippen LogP contribution is 2.25. The van der Waals surface area contributed by atoms with Crippen molar-refractivity contribution in [3.05, 3.63) is 52.4 Å². The number of aromatic nitrogens is 4. The first-order valence-electron chi connectivity index (χ1n) is 9.78. The fourth-order valence-corrected chi connectivity index (χ4v) is 4.33. The molecule has 29 heavy (non-hydrogen) atoms. The molecule has 1 unspecified atom stereocenters. The van der Waals surface area contributed by atoms with E-state index in [1.165, 1.54) is 11.3 Å². The molecule has 3 aromatic rings. The molecular formula is C21H24N6OS. The smallest absolute Gasteiger partial charge is 0.263 e. The fourth-order valence-electron chi connectivity index (χ4n) is 3.36. The molecule has 1 fully saturated rings. The maximum absolute atomic E-state index is 12.7. The molecule has 0 spiro atoms. The average molecular weight is 409 g/mol. The van der Waals surface area contributed by atoms with Crippen LogP contribution in [0.5, 0.6) is 0 Å². The predicted octanol–water partition coefficient (Wildman–Crippen LogP) is 3.44. The third-order valence-electron chi connectivity index (χ3n) is 4.92. The van der Waals surface area contributed by atoms with Gasteiger partial charge in [0.25, 0.3) is 5.91 Å². The van der Waals surface area contributed by atoms with Gasteiger partial charge in [-0.3, -0.25) is 9.78 Å². The summed E-state index contributed by atoms with van der Waals surface area (Å²) in [5.41, 5.74) is 2.61. The maximum atomic E-state index is 12.7. The number of amides is 1.